The van der Waals surface area contributed by atoms with E-state index in [9.17, 15) is 4.39 Å². The minimum absolute atomic E-state index is 0.110. The smallest absolute Gasteiger partial charge is 0.124 e. The van der Waals surface area contributed by atoms with Gasteiger partial charge in [-0.25, -0.2) is 4.39 Å². The van der Waals surface area contributed by atoms with Crippen LogP contribution in [0.15, 0.2) is 18.2 Å². The van der Waals surface area contributed by atoms with Gasteiger partial charge in [-0.15, -0.1) is 0 Å². The van der Waals surface area contributed by atoms with E-state index in [0.29, 0.717) is 11.4 Å². The number of methoxy groups -OCH3 is 1. The SMILES string of the molecule is COC1(C(N)Cc2ccc(F)cc2Cl)CCCCC1. The highest BCUT2D eigenvalue weighted by atomic mass is 35.5. The van der Waals surface area contributed by atoms with Crippen molar-refractivity contribution < 1.29 is 9.13 Å². The summed E-state index contributed by atoms with van der Waals surface area (Å²) >= 11 is 6.06. The summed E-state index contributed by atoms with van der Waals surface area (Å²) in [5.41, 5.74) is 6.99. The molecule has 1 fully saturated rings. The van der Waals surface area contributed by atoms with E-state index >= 15 is 0 Å². The molecule has 1 aliphatic rings. The van der Waals surface area contributed by atoms with Crippen molar-refractivity contribution in [2.45, 2.75) is 50.2 Å². The molecule has 2 rings (SSSR count). The van der Waals surface area contributed by atoms with Crippen LogP contribution in [0.3, 0.4) is 0 Å². The van der Waals surface area contributed by atoms with Crippen molar-refractivity contribution in [1.82, 2.24) is 0 Å². The first kappa shape index (κ1) is 14.8. The van der Waals surface area contributed by atoms with Gasteiger partial charge < -0.3 is 10.5 Å². The third-order valence-electron chi connectivity index (χ3n) is 4.24. The lowest BCUT2D eigenvalue weighted by molar-refractivity contribution is -0.0582. The van der Waals surface area contributed by atoms with E-state index in [2.05, 4.69) is 0 Å². The lowest BCUT2D eigenvalue weighted by Gasteiger charge is -2.41. The summed E-state index contributed by atoms with van der Waals surface area (Å²) < 4.78 is 18.8. The molecular formula is C15H21ClFNO. The molecule has 0 spiro atoms. The first-order valence-corrected chi connectivity index (χ1v) is 7.20. The summed E-state index contributed by atoms with van der Waals surface area (Å²) in [6, 6.07) is 4.36. The Balaban J connectivity index is 2.12. The number of rotatable bonds is 4. The zero-order chi connectivity index (χ0) is 13.9. The van der Waals surface area contributed by atoms with Crippen molar-refractivity contribution in [3.8, 4) is 0 Å². The lowest BCUT2D eigenvalue weighted by Crippen LogP contribution is -2.51. The van der Waals surface area contributed by atoms with E-state index < -0.39 is 0 Å². The molecule has 1 aromatic rings. The number of benzene rings is 1. The van der Waals surface area contributed by atoms with Gasteiger partial charge in [0.1, 0.15) is 5.82 Å². The fourth-order valence-electron chi connectivity index (χ4n) is 2.99. The molecule has 0 amide bonds. The molecule has 2 N–H and O–H groups in total. The first-order chi connectivity index (χ1) is 9.07. The highest BCUT2D eigenvalue weighted by molar-refractivity contribution is 6.31. The molecule has 0 bridgehead atoms. The van der Waals surface area contributed by atoms with Gasteiger partial charge in [-0.05, 0) is 37.0 Å². The van der Waals surface area contributed by atoms with Gasteiger partial charge in [0.05, 0.1) is 5.60 Å². The van der Waals surface area contributed by atoms with Gasteiger partial charge in [-0.2, -0.15) is 0 Å². The molecule has 1 unspecified atom stereocenters. The van der Waals surface area contributed by atoms with Gasteiger partial charge in [0.25, 0.3) is 0 Å². The van der Waals surface area contributed by atoms with E-state index in [0.717, 1.165) is 31.2 Å². The Bertz CT molecular complexity index is 432. The molecule has 1 atom stereocenters. The van der Waals surface area contributed by atoms with Crippen LogP contribution in [-0.4, -0.2) is 18.8 Å². The quantitative estimate of drug-likeness (QED) is 0.915. The first-order valence-electron chi connectivity index (χ1n) is 6.82. The van der Waals surface area contributed by atoms with Crippen molar-refractivity contribution in [1.29, 1.82) is 0 Å². The average molecular weight is 286 g/mol. The van der Waals surface area contributed by atoms with Crippen molar-refractivity contribution >= 4 is 11.6 Å². The molecule has 2 nitrogen and oxygen atoms in total. The van der Waals surface area contributed by atoms with Crippen LogP contribution < -0.4 is 5.73 Å². The van der Waals surface area contributed by atoms with Gasteiger partial charge in [-0.3, -0.25) is 0 Å². The summed E-state index contributed by atoms with van der Waals surface area (Å²) in [6.07, 6.45) is 6.15. The van der Waals surface area contributed by atoms with Crippen LogP contribution in [0.2, 0.25) is 5.02 Å². The molecule has 4 heteroatoms. The standard InChI is InChI=1S/C15H21ClFNO/c1-19-15(7-3-2-4-8-15)14(18)9-11-5-6-12(17)10-13(11)16/h5-6,10,14H,2-4,7-9,18H2,1H3. The summed E-state index contributed by atoms with van der Waals surface area (Å²) in [7, 11) is 1.73. The molecule has 19 heavy (non-hydrogen) atoms. The van der Waals surface area contributed by atoms with Gasteiger partial charge in [0.15, 0.2) is 0 Å². The number of halogens is 2. The second-order valence-electron chi connectivity index (χ2n) is 5.38. The predicted octanol–water partition coefficient (Wildman–Crippen LogP) is 3.70. The largest absolute Gasteiger partial charge is 0.377 e. The highest BCUT2D eigenvalue weighted by Crippen LogP contribution is 2.35. The van der Waals surface area contributed by atoms with Crippen molar-refractivity contribution in [3.05, 3.63) is 34.6 Å². The Kier molecular flexibility index (Phi) is 4.82. The van der Waals surface area contributed by atoms with Crippen LogP contribution in [0.25, 0.3) is 0 Å². The number of hydrogen-bond acceptors (Lipinski definition) is 2. The monoisotopic (exact) mass is 285 g/mol. The zero-order valence-electron chi connectivity index (χ0n) is 11.3. The predicted molar refractivity (Wildman–Crippen MR) is 75.9 cm³/mol. The van der Waals surface area contributed by atoms with Gasteiger partial charge in [0, 0.05) is 18.2 Å². The molecule has 0 aromatic heterocycles. The van der Waals surface area contributed by atoms with Crippen LogP contribution in [0.1, 0.15) is 37.7 Å². The van der Waals surface area contributed by atoms with Gasteiger partial charge in [0.2, 0.25) is 0 Å². The maximum Gasteiger partial charge on any atom is 0.124 e. The Morgan fingerprint density at radius 3 is 2.63 bits per heavy atom. The van der Waals surface area contributed by atoms with Gasteiger partial charge in [-0.1, -0.05) is 36.9 Å². The van der Waals surface area contributed by atoms with Crippen LogP contribution in [0, 0.1) is 5.82 Å². The molecular weight excluding hydrogens is 265 g/mol. The van der Waals surface area contributed by atoms with E-state index in [1.54, 1.807) is 13.2 Å². The molecule has 1 saturated carbocycles. The third-order valence-corrected chi connectivity index (χ3v) is 4.59. The van der Waals surface area contributed by atoms with E-state index in [4.69, 9.17) is 22.1 Å². The van der Waals surface area contributed by atoms with Crippen molar-refractivity contribution in [3.63, 3.8) is 0 Å². The maximum atomic E-state index is 13.0. The molecule has 1 aromatic carbocycles. The molecule has 106 valence electrons. The van der Waals surface area contributed by atoms with Crippen LogP contribution in [0.5, 0.6) is 0 Å². The maximum absolute atomic E-state index is 13.0. The number of hydrogen-bond donors (Lipinski definition) is 1. The van der Waals surface area contributed by atoms with Crippen LogP contribution >= 0.6 is 11.6 Å². The molecule has 0 saturated heterocycles. The summed E-state index contributed by atoms with van der Waals surface area (Å²) in [4.78, 5) is 0. The Labute approximate surface area is 119 Å². The topological polar surface area (TPSA) is 35.2 Å². The fraction of sp³-hybridized carbons (Fsp3) is 0.600. The number of nitrogens with two attached hydrogens (primary N) is 1. The summed E-state index contributed by atoms with van der Waals surface area (Å²) in [5, 5.41) is 0.442. The van der Waals surface area contributed by atoms with Crippen LogP contribution in [-0.2, 0) is 11.2 Å². The van der Waals surface area contributed by atoms with Crippen molar-refractivity contribution in [2.24, 2.45) is 5.73 Å². The summed E-state index contributed by atoms with van der Waals surface area (Å²) in [5.74, 6) is -0.318. The third kappa shape index (κ3) is 3.28. The molecule has 0 radical (unpaired) electrons. The molecule has 0 aliphatic heterocycles. The van der Waals surface area contributed by atoms with Crippen LogP contribution in [0.4, 0.5) is 4.39 Å². The highest BCUT2D eigenvalue weighted by Gasteiger charge is 2.38. The Morgan fingerprint density at radius 2 is 2.05 bits per heavy atom. The normalized spacial score (nSPS) is 20.2. The molecule has 0 heterocycles. The molecule has 1 aliphatic carbocycles. The lowest BCUT2D eigenvalue weighted by atomic mass is 9.77. The van der Waals surface area contributed by atoms with E-state index in [-0.39, 0.29) is 17.5 Å². The van der Waals surface area contributed by atoms with E-state index in [1.165, 1.54) is 18.6 Å². The minimum atomic E-state index is -0.318. The number of ether oxygens (including phenoxy) is 1. The van der Waals surface area contributed by atoms with E-state index in [1.807, 2.05) is 0 Å². The minimum Gasteiger partial charge on any atom is -0.377 e. The van der Waals surface area contributed by atoms with Gasteiger partial charge >= 0.3 is 0 Å². The van der Waals surface area contributed by atoms with Crippen molar-refractivity contribution in [2.75, 3.05) is 7.11 Å². The second-order valence-corrected chi connectivity index (χ2v) is 5.78. The average Bonchev–Trinajstić information content (AvgIpc) is 2.42. The fourth-order valence-corrected chi connectivity index (χ4v) is 3.23. The Morgan fingerprint density at radius 1 is 1.37 bits per heavy atom. The summed E-state index contributed by atoms with van der Waals surface area (Å²) in [6.45, 7) is 0. The second kappa shape index (κ2) is 6.21. The Hall–Kier alpha value is -0.640. The zero-order valence-corrected chi connectivity index (χ0v) is 12.0.